The van der Waals surface area contributed by atoms with Gasteiger partial charge < -0.3 is 27.9 Å². The first-order valence-corrected chi connectivity index (χ1v) is 46.2. The van der Waals surface area contributed by atoms with Crippen LogP contribution in [0, 0.1) is 60.9 Å². The number of fused-ring (bicyclic) bond motifs is 4. The Labute approximate surface area is 758 Å². The summed E-state index contributed by atoms with van der Waals surface area (Å²) < 4.78 is 15.1. The highest BCUT2D eigenvalue weighted by molar-refractivity contribution is 9.10. The van der Waals surface area contributed by atoms with E-state index in [1.54, 1.807) is 60.9 Å². The van der Waals surface area contributed by atoms with Crippen LogP contribution in [0.15, 0.2) is 155 Å². The first kappa shape index (κ1) is 92.1. The number of halogens is 2. The number of rotatable bonds is 24. The van der Waals surface area contributed by atoms with Crippen LogP contribution in [-0.4, -0.2) is 202 Å². The van der Waals surface area contributed by atoms with Crippen LogP contribution >= 0.6 is 43.6 Å². The van der Waals surface area contributed by atoms with Gasteiger partial charge in [0.2, 0.25) is 5.91 Å². The van der Waals surface area contributed by atoms with E-state index < -0.39 is 0 Å². The fourth-order valence-corrected chi connectivity index (χ4v) is 19.4. The minimum Gasteiger partial charge on any atom is -0.466 e. The minimum atomic E-state index is -0.291. The zero-order chi connectivity index (χ0) is 89.2. The van der Waals surface area contributed by atoms with Gasteiger partial charge in [-0.3, -0.25) is 63.3 Å². The Hall–Kier alpha value is -11.6. The molecular weight excluding hydrogens is 1730 g/mol. The average molecular weight is 1840 g/mol. The summed E-state index contributed by atoms with van der Waals surface area (Å²) in [5, 5.41) is 0.931. The number of ketones is 4. The van der Waals surface area contributed by atoms with E-state index in [0.29, 0.717) is 110 Å². The lowest BCUT2D eigenvalue weighted by Gasteiger charge is -2.25. The van der Waals surface area contributed by atoms with Crippen molar-refractivity contribution >= 4 is 145 Å². The monoisotopic (exact) mass is 1830 g/mol. The van der Waals surface area contributed by atoms with E-state index >= 15 is 0 Å². The van der Waals surface area contributed by atoms with Crippen molar-refractivity contribution < 1.29 is 33.5 Å². The molecule has 4 fully saturated rings. The van der Waals surface area contributed by atoms with Crippen molar-refractivity contribution in [1.82, 2.24) is 57.7 Å². The molecule has 0 aliphatic carbocycles. The molecule has 16 rings (SSSR count). The van der Waals surface area contributed by atoms with Crippen LogP contribution in [0.25, 0.3) is 86.1 Å². The van der Waals surface area contributed by atoms with Crippen LogP contribution in [-0.2, 0) is 27.2 Å². The van der Waals surface area contributed by atoms with Gasteiger partial charge in [0.1, 0.15) is 0 Å². The van der Waals surface area contributed by atoms with Gasteiger partial charge in [-0.15, -0.1) is 0 Å². The zero-order valence-electron chi connectivity index (χ0n) is 73.0. The van der Waals surface area contributed by atoms with Gasteiger partial charge in [-0.25, -0.2) is 19.4 Å². The number of amides is 1. The molecule has 0 saturated carbocycles. The van der Waals surface area contributed by atoms with E-state index in [-0.39, 0.29) is 35.0 Å². The lowest BCUT2D eigenvalue weighted by Crippen LogP contribution is -2.36. The second-order valence-corrected chi connectivity index (χ2v) is 35.5. The minimum absolute atomic E-state index is 0.0947. The molecule has 0 atom stereocenters. The quantitative estimate of drug-likeness (QED) is 0.0314. The third-order valence-corrected chi connectivity index (χ3v) is 26.0. The summed E-state index contributed by atoms with van der Waals surface area (Å²) in [7, 11) is 0. The number of hydrogen-bond acceptors (Lipinski definition) is 15. The number of benzene rings is 5. The number of aromatic nitrogens is 7. The van der Waals surface area contributed by atoms with Crippen LogP contribution in [0.5, 0.6) is 0 Å². The fourth-order valence-electron chi connectivity index (χ4n) is 17.8. The number of esters is 1. The SMILES string of the molecule is [C-]#[N+]c1ccc(-n2c(C)c(C(=O)CN3CCCCC3)c3ccc(CCOC(C)=O)cc32)cc1.[C-]#[N+]c1ccc(-n2c(C)c(C(=O)CN3CCCCC3)c3nc(C)c(CCC(=O)N(CC)CC)cc32)cc1.[C-]#[N+]c1ccc(-n2c(C)c(C(=O)CN3CCCCC3)c3ncc(Br)cc32)cc1.[C-]#[N+]c1ccc(-n2c(C)c(C(=O)CN3CCSCC3)c3ncc(Br)cc32)cc1. The van der Waals surface area contributed by atoms with Crippen molar-refractivity contribution in [3.8, 4) is 22.7 Å². The highest BCUT2D eigenvalue weighted by Gasteiger charge is 2.31. The molecule has 0 N–H and O–H groups in total. The molecule has 12 aromatic rings. The summed E-state index contributed by atoms with van der Waals surface area (Å²) in [6, 6.07) is 41.9. The number of nitrogens with zero attached hydrogens (tertiary/aromatic N) is 16. The van der Waals surface area contributed by atoms with Gasteiger partial charge in [0.05, 0.1) is 114 Å². The Morgan fingerprint density at radius 1 is 0.429 bits per heavy atom. The Morgan fingerprint density at radius 3 is 1.15 bits per heavy atom. The van der Waals surface area contributed by atoms with E-state index in [1.807, 2.05) is 138 Å². The summed E-state index contributed by atoms with van der Waals surface area (Å²) in [6.07, 6.45) is 15.7. The molecule has 11 heterocycles. The van der Waals surface area contributed by atoms with Gasteiger partial charge >= 0.3 is 5.97 Å². The van der Waals surface area contributed by atoms with Crippen LogP contribution in [0.4, 0.5) is 22.7 Å². The standard InChI is InChI=1S/C30H37N5O2.C27H29N3O3.C22H21BrN4O.C21H19BrN4OS/c1-6-34(7-2)28(37)16-11-23-19-26-30(32-21(23)3)29(27(36)20-33-17-9-8-10-18-33)22(4)35(26)25-14-12-24(31-5)13-15-25;1-19-27(26(32)18-29-14-5-4-6-15-29)24-12-7-21(13-16-33-20(2)31)17-25(24)30(19)23-10-8-22(28-3)9-11-23;1-15-21(20(28)14-26-10-4-3-5-11-26)22-19(12-16(23)13-25-22)27(15)18-8-6-17(24-2)7-9-18;1-14-20(19(27)13-25-7-9-28-10-8-25)21-18(11-15(22)12-24-21)26(14)17-5-3-16(23-2)4-6-17/h12-15,19H,6-11,16-18,20H2,1-4H3;7-12,17H,4-6,13-16,18H2,1-2H3;6-9,12-13H,3-5,10-11,14H2,1H3;3-6,11-12H,7-10,13H2,1H3. The highest BCUT2D eigenvalue weighted by atomic mass is 79.9. The van der Waals surface area contributed by atoms with Crippen molar-refractivity contribution in [2.24, 2.45) is 0 Å². The number of thioether (sulfide) groups is 1. The maximum Gasteiger partial charge on any atom is 0.302 e. The summed E-state index contributed by atoms with van der Waals surface area (Å²) in [4.78, 5) is 116. The maximum atomic E-state index is 13.7. The molecule has 0 radical (unpaired) electrons. The molecule has 4 aliphatic heterocycles. The number of ether oxygens (including phenoxy) is 1. The summed E-state index contributed by atoms with van der Waals surface area (Å²) in [5.74, 6) is 2.47. The predicted octanol–water partition coefficient (Wildman–Crippen LogP) is 21.1. The van der Waals surface area contributed by atoms with Crippen molar-refractivity contribution in [2.75, 3.05) is 110 Å². The number of aryl methyl sites for hydroxylation is 2. The van der Waals surface area contributed by atoms with Gasteiger partial charge in [-0.05, 0) is 248 Å². The zero-order valence-corrected chi connectivity index (χ0v) is 77.0. The molecule has 26 heteroatoms. The normalized spacial score (nSPS) is 14.5. The molecule has 23 nitrogen and oxygen atoms in total. The van der Waals surface area contributed by atoms with Crippen molar-refractivity contribution in [3.63, 3.8) is 0 Å². The molecule has 0 bridgehead atoms. The number of Topliss-reactive ketones (excluding diaryl/α,β-unsaturated/α-hetero) is 4. The number of carbonyl (C=O) groups is 6. The second kappa shape index (κ2) is 43.1. The van der Waals surface area contributed by atoms with E-state index in [0.717, 1.165) is 218 Å². The highest BCUT2D eigenvalue weighted by Crippen LogP contribution is 2.38. The Morgan fingerprint density at radius 2 is 0.778 bits per heavy atom. The van der Waals surface area contributed by atoms with Crippen molar-refractivity contribution in [1.29, 1.82) is 0 Å². The molecule has 0 unspecified atom stereocenters. The van der Waals surface area contributed by atoms with E-state index in [4.69, 9.17) is 36.0 Å². The van der Waals surface area contributed by atoms with Crippen molar-refractivity contribution in [2.45, 2.75) is 132 Å². The topological polar surface area (TPSA) is 204 Å². The molecule has 1 amide bonds. The van der Waals surface area contributed by atoms with Crippen LogP contribution in [0.2, 0.25) is 0 Å². The second-order valence-electron chi connectivity index (χ2n) is 32.4. The van der Waals surface area contributed by atoms with E-state index in [9.17, 15) is 28.8 Å². The summed E-state index contributed by atoms with van der Waals surface area (Å²) >= 11 is 8.94. The smallest absolute Gasteiger partial charge is 0.302 e. The molecule has 4 saturated heterocycles. The lowest BCUT2D eigenvalue weighted by molar-refractivity contribution is -0.140. The fraction of sp³-hybridized carbons (Fsp3) is 0.370. The molecule has 648 valence electrons. The van der Waals surface area contributed by atoms with E-state index in [1.165, 1.54) is 26.2 Å². The van der Waals surface area contributed by atoms with Gasteiger partial charge in [-0.2, -0.15) is 11.8 Å². The lowest BCUT2D eigenvalue weighted by atomic mass is 10.0. The maximum absolute atomic E-state index is 13.7. The molecule has 0 spiro atoms. The van der Waals surface area contributed by atoms with Crippen LogP contribution < -0.4 is 0 Å². The number of piperidine rings is 3. The van der Waals surface area contributed by atoms with Crippen LogP contribution in [0.3, 0.4) is 0 Å². The Balaban J connectivity index is 0.000000145. The molecule has 7 aromatic heterocycles. The number of likely N-dealkylation sites (tertiary alicyclic amines) is 3. The predicted molar refractivity (Wildman–Crippen MR) is 509 cm³/mol. The number of carbonyl (C=O) groups excluding carboxylic acids is 6. The Kier molecular flexibility index (Phi) is 31.5. The van der Waals surface area contributed by atoms with Gasteiger partial charge in [0.15, 0.2) is 45.9 Å². The third kappa shape index (κ3) is 21.6. The molecule has 126 heavy (non-hydrogen) atoms. The first-order chi connectivity index (χ1) is 61.0. The third-order valence-electron chi connectivity index (χ3n) is 24.2. The summed E-state index contributed by atoms with van der Waals surface area (Å²) in [5.41, 5.74) is 21.0. The van der Waals surface area contributed by atoms with Crippen molar-refractivity contribution in [3.05, 3.63) is 262 Å². The largest absolute Gasteiger partial charge is 0.466 e. The van der Waals surface area contributed by atoms with Crippen LogP contribution in [0.1, 0.15) is 166 Å². The Bertz CT molecular complexity index is 6020. The summed E-state index contributed by atoms with van der Waals surface area (Å²) in [6.45, 7) is 55.3. The van der Waals surface area contributed by atoms with Gasteiger partial charge in [0, 0.05) is 141 Å². The number of hydrogen-bond donors (Lipinski definition) is 0. The van der Waals surface area contributed by atoms with E-state index in [2.05, 4.69) is 111 Å². The average Bonchev–Trinajstić information content (AvgIpc) is 1.57. The first-order valence-electron chi connectivity index (χ1n) is 43.4. The van der Waals surface area contributed by atoms with Gasteiger partial charge in [-0.1, -0.05) is 79.9 Å². The molecular formula is C100H106Br2N16O7S. The van der Waals surface area contributed by atoms with Gasteiger partial charge in [0.25, 0.3) is 0 Å². The molecule has 5 aromatic carbocycles. The molecule has 4 aliphatic rings. The number of pyridine rings is 3.